The van der Waals surface area contributed by atoms with Crippen LogP contribution in [0.25, 0.3) is 0 Å². The molecule has 0 aliphatic heterocycles. The van der Waals surface area contributed by atoms with Gasteiger partial charge in [0, 0.05) is 40.5 Å². The van der Waals surface area contributed by atoms with E-state index in [2.05, 4.69) is 10.6 Å². The van der Waals surface area contributed by atoms with E-state index in [1.54, 1.807) is 18.2 Å². The van der Waals surface area contributed by atoms with Gasteiger partial charge in [-0.05, 0) is 54.8 Å². The molecule has 0 spiro atoms. The highest BCUT2D eigenvalue weighted by Gasteiger charge is 2.37. The molecule has 2 aromatic rings. The van der Waals surface area contributed by atoms with Gasteiger partial charge in [0.05, 0.1) is 5.56 Å². The lowest BCUT2D eigenvalue weighted by Crippen LogP contribution is -2.39. The lowest BCUT2D eigenvalue weighted by Gasteiger charge is -2.19. The summed E-state index contributed by atoms with van der Waals surface area (Å²) in [6.07, 6.45) is -3.01. The van der Waals surface area contributed by atoms with Gasteiger partial charge in [0.25, 0.3) is 0 Å². The van der Waals surface area contributed by atoms with E-state index in [0.29, 0.717) is 47.0 Å². The molecule has 1 aliphatic carbocycles. The molecule has 1 saturated carbocycles. The lowest BCUT2D eigenvalue weighted by atomic mass is 9.94. The van der Waals surface area contributed by atoms with Crippen molar-refractivity contribution < 1.29 is 27.2 Å². The summed E-state index contributed by atoms with van der Waals surface area (Å²) in [5.74, 6) is -2.89. The minimum atomic E-state index is -4.62. The van der Waals surface area contributed by atoms with Crippen molar-refractivity contribution in [1.29, 1.82) is 0 Å². The van der Waals surface area contributed by atoms with Crippen LogP contribution in [0.4, 0.5) is 17.6 Å². The average molecular weight is 491 g/mol. The summed E-state index contributed by atoms with van der Waals surface area (Å²) in [7, 11) is 0. The first-order valence-corrected chi connectivity index (χ1v) is 10.7. The Kier molecular flexibility index (Phi) is 7.67. The summed E-state index contributed by atoms with van der Waals surface area (Å²) in [6.45, 7) is -0.222. The van der Waals surface area contributed by atoms with Crippen molar-refractivity contribution in [3.8, 4) is 0 Å². The number of hydrogen-bond acceptors (Lipinski definition) is 2. The van der Waals surface area contributed by atoms with Crippen molar-refractivity contribution >= 4 is 35.0 Å². The number of nitrogens with one attached hydrogen (secondary N) is 2. The quantitative estimate of drug-likeness (QED) is 0.525. The van der Waals surface area contributed by atoms with Crippen molar-refractivity contribution in [3.63, 3.8) is 0 Å². The smallest absolute Gasteiger partial charge is 0.352 e. The van der Waals surface area contributed by atoms with Gasteiger partial charge in [0.1, 0.15) is 5.82 Å². The predicted molar refractivity (Wildman–Crippen MR) is 112 cm³/mol. The Morgan fingerprint density at radius 1 is 0.906 bits per heavy atom. The van der Waals surface area contributed by atoms with Gasteiger partial charge in [-0.25, -0.2) is 4.39 Å². The Hall–Kier alpha value is -2.32. The van der Waals surface area contributed by atoms with Crippen molar-refractivity contribution in [3.05, 3.63) is 69.0 Å². The van der Waals surface area contributed by atoms with E-state index in [9.17, 15) is 27.2 Å². The van der Waals surface area contributed by atoms with Crippen molar-refractivity contribution in [2.24, 2.45) is 11.8 Å². The van der Waals surface area contributed by atoms with Gasteiger partial charge in [-0.1, -0.05) is 29.6 Å². The van der Waals surface area contributed by atoms with Crippen LogP contribution in [0.1, 0.15) is 36.0 Å². The van der Waals surface area contributed by atoms with E-state index >= 15 is 0 Å². The van der Waals surface area contributed by atoms with Gasteiger partial charge in [-0.3, -0.25) is 9.59 Å². The molecule has 3 rings (SSSR count). The second-order valence-corrected chi connectivity index (χ2v) is 8.53. The summed E-state index contributed by atoms with van der Waals surface area (Å²) in [6, 6.07) is 6.93. The van der Waals surface area contributed by atoms with Crippen LogP contribution in [0, 0.1) is 17.7 Å². The first kappa shape index (κ1) is 24.3. The summed E-state index contributed by atoms with van der Waals surface area (Å²) in [4.78, 5) is 25.3. The zero-order chi connectivity index (χ0) is 23.5. The van der Waals surface area contributed by atoms with Gasteiger partial charge in [-0.2, -0.15) is 13.2 Å². The molecule has 2 aromatic carbocycles. The molecular formula is C22H20Cl2F4N2O2. The van der Waals surface area contributed by atoms with Crippen LogP contribution >= 0.6 is 23.2 Å². The zero-order valence-electron chi connectivity index (χ0n) is 16.7. The van der Waals surface area contributed by atoms with Crippen molar-refractivity contribution in [2.45, 2.75) is 38.5 Å². The highest BCUT2D eigenvalue weighted by molar-refractivity contribution is 6.34. The average Bonchev–Trinajstić information content (AvgIpc) is 3.19. The standard InChI is InChI=1S/C22H20Cl2F4N2O2/c23-15-6-12(7-16(24)9-15)10-29-20(31)17-2-1-3-18(17)21(32)30-11-13-8-14(22(26,27)28)4-5-19(13)25/h4-9,17-18H,1-3,10-11H2,(H,29,31)(H,30,32)/t17-,18-/m1/s1. The molecule has 32 heavy (non-hydrogen) atoms. The van der Waals surface area contributed by atoms with Crippen LogP contribution in [0.3, 0.4) is 0 Å². The summed E-state index contributed by atoms with van der Waals surface area (Å²) < 4.78 is 52.5. The number of hydrogen-bond donors (Lipinski definition) is 2. The minimum absolute atomic E-state index is 0.180. The molecule has 0 radical (unpaired) electrons. The van der Waals surface area contributed by atoms with E-state index in [1.165, 1.54) is 0 Å². The summed E-state index contributed by atoms with van der Waals surface area (Å²) in [5.41, 5.74) is -0.567. The molecule has 0 saturated heterocycles. The number of amides is 2. The van der Waals surface area contributed by atoms with Crippen LogP contribution in [0.2, 0.25) is 10.0 Å². The van der Waals surface area contributed by atoms with Crippen LogP contribution in [-0.2, 0) is 28.9 Å². The molecule has 0 aromatic heterocycles. The number of rotatable bonds is 6. The van der Waals surface area contributed by atoms with Gasteiger partial charge in [0.15, 0.2) is 0 Å². The Morgan fingerprint density at radius 2 is 1.47 bits per heavy atom. The normalized spacial score (nSPS) is 18.4. The Labute approximate surface area is 192 Å². The second kappa shape index (κ2) is 10.1. The first-order valence-electron chi connectivity index (χ1n) is 9.90. The van der Waals surface area contributed by atoms with E-state index in [-0.39, 0.29) is 18.0 Å². The molecule has 2 atom stereocenters. The third-order valence-corrected chi connectivity index (χ3v) is 5.84. The fourth-order valence-electron chi connectivity index (χ4n) is 3.82. The number of halogens is 6. The molecule has 2 amide bonds. The monoisotopic (exact) mass is 490 g/mol. The predicted octanol–water partition coefficient (Wildman–Crippen LogP) is 5.50. The van der Waals surface area contributed by atoms with Gasteiger partial charge < -0.3 is 10.6 Å². The van der Waals surface area contributed by atoms with Gasteiger partial charge in [0.2, 0.25) is 11.8 Å². The molecule has 4 nitrogen and oxygen atoms in total. The van der Waals surface area contributed by atoms with E-state index < -0.39 is 41.8 Å². The van der Waals surface area contributed by atoms with Crippen LogP contribution < -0.4 is 10.6 Å². The number of alkyl halides is 3. The maximum absolute atomic E-state index is 13.9. The molecule has 2 N–H and O–H groups in total. The third-order valence-electron chi connectivity index (χ3n) is 5.40. The summed E-state index contributed by atoms with van der Waals surface area (Å²) >= 11 is 11.9. The van der Waals surface area contributed by atoms with Gasteiger partial charge in [-0.15, -0.1) is 0 Å². The topological polar surface area (TPSA) is 58.2 Å². The molecule has 10 heteroatoms. The second-order valence-electron chi connectivity index (χ2n) is 7.66. The minimum Gasteiger partial charge on any atom is -0.352 e. The molecule has 0 bridgehead atoms. The summed E-state index contributed by atoms with van der Waals surface area (Å²) in [5, 5.41) is 6.10. The van der Waals surface area contributed by atoms with E-state index in [4.69, 9.17) is 23.2 Å². The number of carbonyl (C=O) groups is 2. The Morgan fingerprint density at radius 3 is 2.03 bits per heavy atom. The third kappa shape index (κ3) is 6.13. The van der Waals surface area contributed by atoms with Crippen LogP contribution in [-0.4, -0.2) is 11.8 Å². The lowest BCUT2D eigenvalue weighted by molar-refractivity contribution is -0.137. The molecule has 1 aliphatic rings. The highest BCUT2D eigenvalue weighted by Crippen LogP contribution is 2.33. The van der Waals surface area contributed by atoms with Gasteiger partial charge >= 0.3 is 6.18 Å². The Balaban J connectivity index is 1.60. The molecule has 0 heterocycles. The molecule has 0 unspecified atom stereocenters. The zero-order valence-corrected chi connectivity index (χ0v) is 18.3. The van der Waals surface area contributed by atoms with E-state index in [0.717, 1.165) is 6.07 Å². The van der Waals surface area contributed by atoms with Crippen molar-refractivity contribution in [1.82, 2.24) is 10.6 Å². The highest BCUT2D eigenvalue weighted by atomic mass is 35.5. The van der Waals surface area contributed by atoms with Crippen LogP contribution in [0.5, 0.6) is 0 Å². The number of benzene rings is 2. The molecular weight excluding hydrogens is 471 g/mol. The maximum Gasteiger partial charge on any atom is 0.416 e. The largest absolute Gasteiger partial charge is 0.416 e. The van der Waals surface area contributed by atoms with Crippen molar-refractivity contribution in [2.75, 3.05) is 0 Å². The Bertz CT molecular complexity index is 994. The maximum atomic E-state index is 13.9. The van der Waals surface area contributed by atoms with Crippen LogP contribution in [0.15, 0.2) is 36.4 Å². The fourth-order valence-corrected chi connectivity index (χ4v) is 4.39. The molecule has 1 fully saturated rings. The van der Waals surface area contributed by atoms with E-state index in [1.807, 2.05) is 0 Å². The number of carbonyl (C=O) groups excluding carboxylic acids is 2. The fraction of sp³-hybridized carbons (Fsp3) is 0.364. The molecule has 172 valence electrons. The first-order chi connectivity index (χ1) is 15.0. The SMILES string of the molecule is O=C(NCc1cc(Cl)cc(Cl)c1)[C@@H]1CCC[C@H]1C(=O)NCc1cc(C(F)(F)F)ccc1F.